The maximum Gasteiger partial charge on any atom is 0.274 e. The Morgan fingerprint density at radius 3 is 2.87 bits per heavy atom. The second-order valence-corrected chi connectivity index (χ2v) is 6.50. The number of hydrogen-bond donors (Lipinski definition) is 0. The zero-order chi connectivity index (χ0) is 16.2. The third kappa shape index (κ3) is 3.97. The van der Waals surface area contributed by atoms with E-state index in [0.717, 1.165) is 23.0 Å². The summed E-state index contributed by atoms with van der Waals surface area (Å²) in [6.07, 6.45) is 6.86. The van der Waals surface area contributed by atoms with Gasteiger partial charge in [-0.25, -0.2) is 9.97 Å². The van der Waals surface area contributed by atoms with Crippen LogP contribution in [0.15, 0.2) is 35.5 Å². The van der Waals surface area contributed by atoms with E-state index in [9.17, 15) is 4.79 Å². The van der Waals surface area contributed by atoms with Gasteiger partial charge in [-0.15, -0.1) is 0 Å². The number of pyridine rings is 1. The third-order valence-corrected chi connectivity index (χ3v) is 4.39. The summed E-state index contributed by atoms with van der Waals surface area (Å²) in [5.41, 5.74) is 1.52. The average Bonchev–Trinajstić information content (AvgIpc) is 2.99. The largest absolute Gasteiger partial charge is 0.381 e. The maximum absolute atomic E-state index is 12.9. The molecule has 3 rings (SSSR count). The lowest BCUT2D eigenvalue weighted by molar-refractivity contribution is 0.0264. The number of rotatable bonds is 4. The Kier molecular flexibility index (Phi) is 5.07. The van der Waals surface area contributed by atoms with Crippen LogP contribution in [0.4, 0.5) is 0 Å². The topological polar surface area (TPSA) is 60.2 Å². The van der Waals surface area contributed by atoms with E-state index in [1.165, 1.54) is 0 Å². The summed E-state index contributed by atoms with van der Waals surface area (Å²) in [6.45, 7) is 1.93. The van der Waals surface area contributed by atoms with Crippen molar-refractivity contribution in [3.63, 3.8) is 0 Å². The van der Waals surface area contributed by atoms with Crippen molar-refractivity contribution >= 4 is 21.8 Å². The van der Waals surface area contributed by atoms with Crippen molar-refractivity contribution in [2.75, 3.05) is 13.2 Å². The van der Waals surface area contributed by atoms with Crippen molar-refractivity contribution in [2.45, 2.75) is 25.4 Å². The zero-order valence-corrected chi connectivity index (χ0v) is 14.6. The second kappa shape index (κ2) is 7.23. The van der Waals surface area contributed by atoms with Crippen molar-refractivity contribution in [3.05, 3.63) is 46.7 Å². The minimum Gasteiger partial charge on any atom is -0.381 e. The van der Waals surface area contributed by atoms with Gasteiger partial charge in [0, 0.05) is 45.2 Å². The van der Waals surface area contributed by atoms with Crippen molar-refractivity contribution in [1.82, 2.24) is 19.4 Å². The first-order valence-corrected chi connectivity index (χ1v) is 8.40. The van der Waals surface area contributed by atoms with Gasteiger partial charge in [-0.05, 0) is 46.5 Å². The van der Waals surface area contributed by atoms with Gasteiger partial charge in [-0.3, -0.25) is 4.79 Å². The van der Waals surface area contributed by atoms with E-state index in [1.807, 2.05) is 24.1 Å². The summed E-state index contributed by atoms with van der Waals surface area (Å²) in [4.78, 5) is 23.2. The highest BCUT2D eigenvalue weighted by Crippen LogP contribution is 2.20. The molecule has 1 saturated heterocycles. The van der Waals surface area contributed by atoms with Gasteiger partial charge in [0.2, 0.25) is 0 Å². The van der Waals surface area contributed by atoms with Gasteiger partial charge in [0.05, 0.1) is 6.33 Å². The molecule has 2 aromatic heterocycles. The molecule has 0 unspecified atom stereocenters. The Labute approximate surface area is 143 Å². The van der Waals surface area contributed by atoms with Crippen LogP contribution in [0.2, 0.25) is 0 Å². The number of halogens is 1. The van der Waals surface area contributed by atoms with Crippen molar-refractivity contribution in [2.24, 2.45) is 7.05 Å². The fourth-order valence-corrected chi connectivity index (χ4v) is 3.18. The molecule has 6 nitrogen and oxygen atoms in total. The molecule has 122 valence electrons. The number of carbonyl (C=O) groups excluding carboxylic acids is 1. The molecule has 3 heterocycles. The fraction of sp³-hybridized carbons (Fsp3) is 0.438. The summed E-state index contributed by atoms with van der Waals surface area (Å²) >= 11 is 3.38. The summed E-state index contributed by atoms with van der Waals surface area (Å²) in [7, 11) is 1.86. The summed E-state index contributed by atoms with van der Waals surface area (Å²) < 4.78 is 7.99. The number of nitrogens with zero attached hydrogens (tertiary/aromatic N) is 4. The lowest BCUT2D eigenvalue weighted by Crippen LogP contribution is -2.43. The van der Waals surface area contributed by atoms with Crippen LogP contribution in [0.3, 0.4) is 0 Å². The molecule has 0 saturated carbocycles. The van der Waals surface area contributed by atoms with Crippen molar-refractivity contribution in [1.29, 1.82) is 0 Å². The van der Waals surface area contributed by atoms with Gasteiger partial charge in [0.15, 0.2) is 0 Å². The Hall–Kier alpha value is -1.73. The van der Waals surface area contributed by atoms with E-state index in [-0.39, 0.29) is 11.9 Å². The fourth-order valence-electron chi connectivity index (χ4n) is 2.77. The highest BCUT2D eigenvalue weighted by molar-refractivity contribution is 9.10. The summed E-state index contributed by atoms with van der Waals surface area (Å²) in [5.74, 6) is -0.0366. The predicted molar refractivity (Wildman–Crippen MR) is 88.9 cm³/mol. The molecular formula is C16H19BrN4O2. The minimum absolute atomic E-state index is 0.0366. The number of amides is 1. The number of ether oxygens (including phenoxy) is 1. The molecule has 0 radical (unpaired) electrons. The monoisotopic (exact) mass is 378 g/mol. The van der Waals surface area contributed by atoms with Crippen LogP contribution in [-0.4, -0.2) is 44.6 Å². The minimum atomic E-state index is -0.0366. The number of aryl methyl sites for hydroxylation is 1. The number of aromatic nitrogens is 3. The molecule has 0 spiro atoms. The highest BCUT2D eigenvalue weighted by atomic mass is 79.9. The normalized spacial score (nSPS) is 15.6. The molecule has 23 heavy (non-hydrogen) atoms. The van der Waals surface area contributed by atoms with Crippen LogP contribution in [0.25, 0.3) is 0 Å². The maximum atomic E-state index is 12.9. The van der Waals surface area contributed by atoms with Crippen LogP contribution < -0.4 is 0 Å². The number of hydrogen-bond acceptors (Lipinski definition) is 4. The third-order valence-electron chi connectivity index (χ3n) is 3.96. The highest BCUT2D eigenvalue weighted by Gasteiger charge is 2.28. The smallest absolute Gasteiger partial charge is 0.274 e. The lowest BCUT2D eigenvalue weighted by Gasteiger charge is -2.34. The van der Waals surface area contributed by atoms with Gasteiger partial charge in [-0.2, -0.15) is 0 Å². The lowest BCUT2D eigenvalue weighted by atomic mass is 10.1. The van der Waals surface area contributed by atoms with Crippen molar-refractivity contribution < 1.29 is 9.53 Å². The van der Waals surface area contributed by atoms with Gasteiger partial charge >= 0.3 is 0 Å². The Morgan fingerprint density at radius 2 is 2.22 bits per heavy atom. The van der Waals surface area contributed by atoms with Crippen LogP contribution in [0, 0.1) is 0 Å². The van der Waals surface area contributed by atoms with Gasteiger partial charge in [-0.1, -0.05) is 0 Å². The van der Waals surface area contributed by atoms with E-state index in [0.29, 0.717) is 25.5 Å². The molecule has 2 aromatic rings. The van der Waals surface area contributed by atoms with Crippen molar-refractivity contribution in [3.8, 4) is 0 Å². The molecule has 0 atom stereocenters. The average molecular weight is 379 g/mol. The molecule has 0 aliphatic carbocycles. The molecule has 1 amide bonds. The van der Waals surface area contributed by atoms with E-state index >= 15 is 0 Å². The van der Waals surface area contributed by atoms with Gasteiger partial charge in [0.25, 0.3) is 5.91 Å². The van der Waals surface area contributed by atoms with E-state index in [4.69, 9.17) is 4.74 Å². The molecule has 1 fully saturated rings. The van der Waals surface area contributed by atoms with E-state index < -0.39 is 0 Å². The Morgan fingerprint density at radius 1 is 1.43 bits per heavy atom. The molecule has 7 heteroatoms. The van der Waals surface area contributed by atoms with E-state index in [1.54, 1.807) is 23.3 Å². The molecule has 0 aromatic carbocycles. The van der Waals surface area contributed by atoms with E-state index in [2.05, 4.69) is 25.9 Å². The molecular weight excluding hydrogens is 360 g/mol. The first-order chi connectivity index (χ1) is 11.1. The van der Waals surface area contributed by atoms with Gasteiger partial charge in [0.1, 0.15) is 10.3 Å². The van der Waals surface area contributed by atoms with Gasteiger partial charge < -0.3 is 14.2 Å². The number of imidazole rings is 1. The molecule has 0 bridgehead atoms. The zero-order valence-electron chi connectivity index (χ0n) is 13.0. The first-order valence-electron chi connectivity index (χ1n) is 7.60. The second-order valence-electron chi connectivity index (χ2n) is 5.69. The quantitative estimate of drug-likeness (QED) is 0.766. The van der Waals surface area contributed by atoms with Crippen LogP contribution >= 0.6 is 15.9 Å². The summed E-state index contributed by atoms with van der Waals surface area (Å²) in [6, 6.07) is 4.05. The molecule has 0 N–H and O–H groups in total. The first kappa shape index (κ1) is 16.1. The molecule has 1 aliphatic rings. The van der Waals surface area contributed by atoms with Crippen LogP contribution in [0.5, 0.6) is 0 Å². The standard InChI is InChI=1S/C16H19BrN4O2/c1-20-10-14(19-11-20)16(22)21(13-3-6-23-7-4-13)9-12-2-5-18-15(17)8-12/h2,5,8,10-11,13H,3-4,6-7,9H2,1H3. The molecule has 1 aliphatic heterocycles. The summed E-state index contributed by atoms with van der Waals surface area (Å²) in [5, 5.41) is 0. The van der Waals surface area contributed by atoms with Crippen LogP contribution in [0.1, 0.15) is 28.9 Å². The SMILES string of the molecule is Cn1cnc(C(=O)N(Cc2ccnc(Br)c2)C2CCOCC2)c1. The number of carbonyl (C=O) groups is 1. The predicted octanol–water partition coefficient (Wildman–Crippen LogP) is 2.40. The van der Waals surface area contributed by atoms with Crippen LogP contribution in [-0.2, 0) is 18.3 Å². The Balaban J connectivity index is 1.85. The Bertz CT molecular complexity index is 682.